The summed E-state index contributed by atoms with van der Waals surface area (Å²) < 4.78 is 4.62. The van der Waals surface area contributed by atoms with E-state index in [1.54, 1.807) is 0 Å². The largest absolute Gasteiger partial charge is 0.475 e. The number of carboxylic acids is 1. The molecule has 0 fully saturated rings. The van der Waals surface area contributed by atoms with E-state index in [1.807, 2.05) is 0 Å². The molecule has 1 N–H and O–H groups in total. The summed E-state index contributed by atoms with van der Waals surface area (Å²) >= 11 is 0. The Labute approximate surface area is 57.1 Å². The van der Waals surface area contributed by atoms with Gasteiger partial charge in [0, 0.05) is 12.3 Å². The maximum Gasteiger partial charge on any atom is 0.371 e. The van der Waals surface area contributed by atoms with E-state index in [2.05, 4.69) is 9.73 Å². The third-order valence-corrected chi connectivity index (χ3v) is 0.865. The molecule has 52 valence electrons. The molecule has 0 radical (unpaired) electrons. The molecule has 0 amide bonds. The first-order chi connectivity index (χ1) is 4.80. The highest BCUT2D eigenvalue weighted by Gasteiger charge is 2.05. The highest BCUT2D eigenvalue weighted by Crippen LogP contribution is 1.99. The van der Waals surface area contributed by atoms with Crippen LogP contribution in [0.5, 0.6) is 0 Å². The summed E-state index contributed by atoms with van der Waals surface area (Å²) in [6.45, 7) is 0. The van der Waals surface area contributed by atoms with Gasteiger partial charge in [0.25, 0.3) is 0 Å². The van der Waals surface area contributed by atoms with Crippen LogP contribution in [0.15, 0.2) is 29.3 Å². The van der Waals surface area contributed by atoms with Crippen molar-refractivity contribution in [3.63, 3.8) is 0 Å². The van der Waals surface area contributed by atoms with Gasteiger partial charge in [-0.1, -0.05) is 0 Å². The average molecular weight is 139 g/mol. The summed E-state index contributed by atoms with van der Waals surface area (Å²) in [4.78, 5) is 13.9. The number of nitrogens with zero attached hydrogens (tertiary/aromatic N) is 1. The topological polar surface area (TPSA) is 58.9 Å². The molecule has 10 heavy (non-hydrogen) atoms. The van der Waals surface area contributed by atoms with Crippen molar-refractivity contribution in [3.05, 3.63) is 24.3 Å². The van der Waals surface area contributed by atoms with Crippen molar-refractivity contribution in [1.29, 1.82) is 0 Å². The lowest BCUT2D eigenvalue weighted by atomic mass is 10.5. The van der Waals surface area contributed by atoms with Crippen LogP contribution in [0.25, 0.3) is 0 Å². The summed E-state index contributed by atoms with van der Waals surface area (Å²) in [6.07, 6.45) is 5.21. The number of hydrogen-bond acceptors (Lipinski definition) is 3. The fourth-order valence-electron chi connectivity index (χ4n) is 0.460. The molecular formula is C6H5NO3. The van der Waals surface area contributed by atoms with Crippen LogP contribution in [0, 0.1) is 0 Å². The first-order valence-corrected chi connectivity index (χ1v) is 2.59. The Hall–Kier alpha value is -1.58. The minimum absolute atomic E-state index is 0.127. The zero-order valence-electron chi connectivity index (χ0n) is 5.02. The van der Waals surface area contributed by atoms with Crippen LogP contribution in [-0.2, 0) is 9.53 Å². The number of carboxylic acid groups (broad SMARTS) is 1. The van der Waals surface area contributed by atoms with Crippen molar-refractivity contribution < 1.29 is 14.6 Å². The van der Waals surface area contributed by atoms with Crippen molar-refractivity contribution in [2.75, 3.05) is 0 Å². The van der Waals surface area contributed by atoms with Crippen LogP contribution in [0.1, 0.15) is 0 Å². The lowest BCUT2D eigenvalue weighted by molar-refractivity contribution is -0.135. The minimum Gasteiger partial charge on any atom is -0.475 e. The van der Waals surface area contributed by atoms with E-state index >= 15 is 0 Å². The lowest BCUT2D eigenvalue weighted by Crippen LogP contribution is -2.01. The van der Waals surface area contributed by atoms with E-state index in [9.17, 15) is 4.79 Å². The second kappa shape index (κ2) is 2.82. The van der Waals surface area contributed by atoms with Gasteiger partial charge in [-0.15, -0.1) is 0 Å². The molecule has 1 aliphatic heterocycles. The van der Waals surface area contributed by atoms with Crippen LogP contribution >= 0.6 is 0 Å². The third-order valence-electron chi connectivity index (χ3n) is 0.865. The van der Waals surface area contributed by atoms with Crippen molar-refractivity contribution in [2.45, 2.75) is 0 Å². The molecule has 0 spiro atoms. The van der Waals surface area contributed by atoms with Crippen molar-refractivity contribution in [1.82, 2.24) is 0 Å². The number of rotatable bonds is 1. The number of ether oxygens (including phenoxy) is 1. The Kier molecular flexibility index (Phi) is 1.84. The highest BCUT2D eigenvalue weighted by molar-refractivity contribution is 5.90. The fourth-order valence-corrected chi connectivity index (χ4v) is 0.460. The summed E-state index contributed by atoms with van der Waals surface area (Å²) in [7, 11) is 0. The molecule has 0 bridgehead atoms. The molecule has 0 atom stereocenters. The number of hydrogen-bond donors (Lipinski definition) is 1. The first-order valence-electron chi connectivity index (χ1n) is 2.59. The summed E-state index contributed by atoms with van der Waals surface area (Å²) in [6, 6.07) is 0. The second-order valence-electron chi connectivity index (χ2n) is 1.54. The third kappa shape index (κ3) is 1.45. The monoisotopic (exact) mass is 139 g/mol. The van der Waals surface area contributed by atoms with E-state index < -0.39 is 5.97 Å². The molecular weight excluding hydrogens is 134 g/mol. The van der Waals surface area contributed by atoms with Crippen LogP contribution in [0.3, 0.4) is 0 Å². The predicted molar refractivity (Wildman–Crippen MR) is 34.4 cm³/mol. The molecule has 0 saturated heterocycles. The van der Waals surface area contributed by atoms with Gasteiger partial charge in [-0.2, -0.15) is 0 Å². The Morgan fingerprint density at radius 2 is 2.50 bits per heavy atom. The normalized spacial score (nSPS) is 15.4. The molecule has 0 aliphatic carbocycles. The van der Waals surface area contributed by atoms with Crippen molar-refractivity contribution in [3.8, 4) is 0 Å². The van der Waals surface area contributed by atoms with Gasteiger partial charge in [0.05, 0.1) is 6.20 Å². The fraction of sp³-hybridized carbons (Fsp3) is 0. The predicted octanol–water partition coefficient (Wildman–Crippen LogP) is 0.527. The van der Waals surface area contributed by atoms with Crippen molar-refractivity contribution in [2.24, 2.45) is 4.99 Å². The Balaban J connectivity index is 2.78. The number of aliphatic carboxylic acids is 1. The molecule has 0 aromatic rings. The minimum atomic E-state index is -1.10. The number of carbonyl (C=O) groups is 1. The molecule has 1 rings (SSSR count). The first kappa shape index (κ1) is 6.54. The van der Waals surface area contributed by atoms with E-state index in [1.165, 1.54) is 24.8 Å². The van der Waals surface area contributed by atoms with E-state index in [0.717, 1.165) is 0 Å². The van der Waals surface area contributed by atoms with Crippen LogP contribution in [0.2, 0.25) is 0 Å². The van der Waals surface area contributed by atoms with Gasteiger partial charge in [-0.25, -0.2) is 4.79 Å². The van der Waals surface area contributed by atoms with E-state index in [-0.39, 0.29) is 5.76 Å². The van der Waals surface area contributed by atoms with Gasteiger partial charge in [0.1, 0.15) is 6.26 Å². The van der Waals surface area contributed by atoms with Gasteiger partial charge in [0.2, 0.25) is 5.76 Å². The van der Waals surface area contributed by atoms with Crippen LogP contribution < -0.4 is 0 Å². The maximum atomic E-state index is 10.2. The van der Waals surface area contributed by atoms with E-state index in [4.69, 9.17) is 5.11 Å². The highest BCUT2D eigenvalue weighted by atomic mass is 16.5. The lowest BCUT2D eigenvalue weighted by Gasteiger charge is -1.95. The average Bonchev–Trinajstić information content (AvgIpc) is 2.12. The number of aliphatic imine (C=N–C) groups is 1. The molecule has 4 nitrogen and oxygen atoms in total. The van der Waals surface area contributed by atoms with Gasteiger partial charge >= 0.3 is 5.97 Å². The zero-order valence-corrected chi connectivity index (χ0v) is 5.02. The van der Waals surface area contributed by atoms with Crippen LogP contribution in [0.4, 0.5) is 0 Å². The second-order valence-corrected chi connectivity index (χ2v) is 1.54. The molecule has 0 unspecified atom stereocenters. The smallest absolute Gasteiger partial charge is 0.371 e. The summed E-state index contributed by atoms with van der Waals surface area (Å²) in [5, 5.41) is 8.37. The Morgan fingerprint density at radius 1 is 1.70 bits per heavy atom. The van der Waals surface area contributed by atoms with Crippen molar-refractivity contribution >= 4 is 12.2 Å². The molecule has 1 aliphatic rings. The molecule has 1 heterocycles. The summed E-state index contributed by atoms with van der Waals surface area (Å²) in [5.74, 6) is -1.23. The zero-order chi connectivity index (χ0) is 7.40. The SMILES string of the molecule is O=C(O)C1=CC=NC=CO1. The quantitative estimate of drug-likeness (QED) is 0.576. The molecule has 0 aromatic heterocycles. The van der Waals surface area contributed by atoms with Crippen LogP contribution in [-0.4, -0.2) is 17.3 Å². The standard InChI is InChI=1S/C6H5NO3/c8-6(9)5-1-2-7-3-4-10-5/h1-4H,(H,8,9). The van der Waals surface area contributed by atoms with Gasteiger partial charge in [-0.05, 0) is 0 Å². The molecule has 4 heteroatoms. The summed E-state index contributed by atoms with van der Waals surface area (Å²) in [5.41, 5.74) is 0. The molecule has 0 aromatic carbocycles. The Morgan fingerprint density at radius 3 is 3.20 bits per heavy atom. The van der Waals surface area contributed by atoms with Gasteiger partial charge in [0.15, 0.2) is 0 Å². The molecule has 0 saturated carbocycles. The van der Waals surface area contributed by atoms with Gasteiger partial charge < -0.3 is 9.84 Å². The van der Waals surface area contributed by atoms with Gasteiger partial charge in [-0.3, -0.25) is 4.99 Å². The number of allylic oxidation sites excluding steroid dienone is 1. The maximum absolute atomic E-state index is 10.2. The Bertz CT molecular complexity index is 227. The van der Waals surface area contributed by atoms with E-state index in [0.29, 0.717) is 0 Å².